The van der Waals surface area contributed by atoms with Gasteiger partial charge in [0.1, 0.15) is 13.2 Å². The molecule has 0 bridgehead atoms. The second-order valence-corrected chi connectivity index (χ2v) is 17.8. The first kappa shape index (κ1) is 58.6. The first-order valence-electron chi connectivity index (χ1n) is 26.5. The maximum atomic E-state index is 12.8. The molecule has 0 aromatic carbocycles. The summed E-state index contributed by atoms with van der Waals surface area (Å²) in [5.41, 5.74) is 0. The van der Waals surface area contributed by atoms with Crippen LogP contribution in [0, 0.1) is 0 Å². The van der Waals surface area contributed by atoms with Crippen LogP contribution in [0.2, 0.25) is 0 Å². The highest BCUT2D eigenvalue weighted by atomic mass is 16.6. The van der Waals surface area contributed by atoms with Gasteiger partial charge in [0.25, 0.3) is 0 Å². The zero-order chi connectivity index (χ0) is 44.4. The molecule has 0 spiro atoms. The Morgan fingerprint density at radius 3 is 0.869 bits per heavy atom. The summed E-state index contributed by atoms with van der Waals surface area (Å²) in [4.78, 5) is 38.0. The fourth-order valence-electron chi connectivity index (χ4n) is 7.54. The minimum absolute atomic E-state index is 0.0815. The second-order valence-electron chi connectivity index (χ2n) is 17.8. The smallest absolute Gasteiger partial charge is 0.306 e. The number of rotatable bonds is 48. The van der Waals surface area contributed by atoms with Crippen molar-refractivity contribution in [2.75, 3.05) is 13.2 Å². The molecular weight excluding hydrogens is 757 g/mol. The van der Waals surface area contributed by atoms with Crippen LogP contribution >= 0.6 is 0 Å². The number of carbonyl (C=O) groups excluding carboxylic acids is 3. The number of ether oxygens (including phenoxy) is 3. The van der Waals surface area contributed by atoms with Crippen LogP contribution in [-0.2, 0) is 28.6 Å². The number of allylic oxidation sites excluding steroid dienone is 6. The van der Waals surface area contributed by atoms with Crippen LogP contribution in [0.3, 0.4) is 0 Å². The van der Waals surface area contributed by atoms with Crippen LogP contribution in [0.15, 0.2) is 36.5 Å². The molecule has 0 N–H and O–H groups in total. The minimum atomic E-state index is -0.782. The summed E-state index contributed by atoms with van der Waals surface area (Å²) in [6.45, 7) is 6.60. The lowest BCUT2D eigenvalue weighted by Gasteiger charge is -2.18. The van der Waals surface area contributed by atoms with Gasteiger partial charge in [0.05, 0.1) is 0 Å². The molecule has 0 fully saturated rings. The standard InChI is InChI=1S/C55H100O6/c1-4-7-10-13-16-19-22-25-27-28-29-31-33-36-39-42-45-48-54(57)60-51-52(50-59-53(56)47-44-41-38-35-32-24-21-18-15-12-9-6-3)61-55(58)49-46-43-40-37-34-30-26-23-20-17-14-11-8-5-2/h18,21,25,27,30,34,52H,4-17,19-20,22-24,26,28-29,31-33,35-51H2,1-3H3/b21-18-,27-25-,34-30-. The van der Waals surface area contributed by atoms with E-state index in [0.717, 1.165) is 77.0 Å². The third-order valence-electron chi connectivity index (χ3n) is 11.6. The Labute approximate surface area is 378 Å². The van der Waals surface area contributed by atoms with Gasteiger partial charge in [-0.05, 0) is 96.3 Å². The maximum Gasteiger partial charge on any atom is 0.306 e. The molecule has 356 valence electrons. The van der Waals surface area contributed by atoms with Gasteiger partial charge in [-0.3, -0.25) is 14.4 Å². The van der Waals surface area contributed by atoms with Crippen molar-refractivity contribution in [3.63, 3.8) is 0 Å². The van der Waals surface area contributed by atoms with Crippen LogP contribution in [0.1, 0.15) is 278 Å². The topological polar surface area (TPSA) is 78.9 Å². The van der Waals surface area contributed by atoms with E-state index < -0.39 is 6.10 Å². The third kappa shape index (κ3) is 48.5. The molecule has 0 heterocycles. The lowest BCUT2D eigenvalue weighted by atomic mass is 10.1. The van der Waals surface area contributed by atoms with E-state index in [0.29, 0.717) is 19.3 Å². The molecule has 0 amide bonds. The van der Waals surface area contributed by atoms with E-state index >= 15 is 0 Å². The SMILES string of the molecule is CCCCC/C=C\CCCCCCCC(=O)OCC(COC(=O)CCCCCCCCC/C=C\CCCCCCCC)OC(=O)CCCCC/C=C\CCCCCCCCC. The molecule has 6 heteroatoms. The number of esters is 3. The molecule has 1 atom stereocenters. The molecule has 6 nitrogen and oxygen atoms in total. The first-order chi connectivity index (χ1) is 30.0. The summed E-state index contributed by atoms with van der Waals surface area (Å²) < 4.78 is 16.8. The van der Waals surface area contributed by atoms with Crippen LogP contribution in [0.5, 0.6) is 0 Å². The van der Waals surface area contributed by atoms with E-state index in [1.807, 2.05) is 0 Å². The van der Waals surface area contributed by atoms with Crippen LogP contribution in [-0.4, -0.2) is 37.2 Å². The fraction of sp³-hybridized carbons (Fsp3) is 0.836. The molecule has 0 aromatic rings. The molecular formula is C55H100O6. The van der Waals surface area contributed by atoms with Gasteiger partial charge in [-0.25, -0.2) is 0 Å². The van der Waals surface area contributed by atoms with Crippen LogP contribution in [0.25, 0.3) is 0 Å². The largest absolute Gasteiger partial charge is 0.462 e. The zero-order valence-corrected chi connectivity index (χ0v) is 40.7. The van der Waals surface area contributed by atoms with Gasteiger partial charge in [0.2, 0.25) is 0 Å². The Morgan fingerprint density at radius 1 is 0.311 bits per heavy atom. The predicted octanol–water partition coefficient (Wildman–Crippen LogP) is 17.3. The highest BCUT2D eigenvalue weighted by Crippen LogP contribution is 2.14. The number of unbranched alkanes of at least 4 members (excludes halogenated alkanes) is 31. The average molecular weight is 857 g/mol. The average Bonchev–Trinajstić information content (AvgIpc) is 3.26. The van der Waals surface area contributed by atoms with E-state index in [4.69, 9.17) is 14.2 Å². The third-order valence-corrected chi connectivity index (χ3v) is 11.6. The summed E-state index contributed by atoms with van der Waals surface area (Å²) in [7, 11) is 0. The van der Waals surface area contributed by atoms with Crippen molar-refractivity contribution in [3.05, 3.63) is 36.5 Å². The number of hydrogen-bond acceptors (Lipinski definition) is 6. The van der Waals surface area contributed by atoms with Gasteiger partial charge in [0, 0.05) is 19.3 Å². The van der Waals surface area contributed by atoms with Crippen LogP contribution in [0.4, 0.5) is 0 Å². The molecule has 1 unspecified atom stereocenters. The summed E-state index contributed by atoms with van der Waals surface area (Å²) in [6.07, 6.45) is 58.4. The van der Waals surface area contributed by atoms with Gasteiger partial charge in [-0.1, -0.05) is 198 Å². The molecule has 0 saturated heterocycles. The molecule has 0 aliphatic heterocycles. The summed E-state index contributed by atoms with van der Waals surface area (Å²) in [5.74, 6) is -0.902. The Balaban J connectivity index is 4.37. The molecule has 0 aliphatic rings. The van der Waals surface area contributed by atoms with Crippen molar-refractivity contribution in [2.24, 2.45) is 0 Å². The van der Waals surface area contributed by atoms with Gasteiger partial charge in [-0.2, -0.15) is 0 Å². The van der Waals surface area contributed by atoms with E-state index in [-0.39, 0.29) is 31.1 Å². The Morgan fingerprint density at radius 2 is 0.541 bits per heavy atom. The van der Waals surface area contributed by atoms with E-state index in [9.17, 15) is 14.4 Å². The lowest BCUT2D eigenvalue weighted by molar-refractivity contribution is -0.167. The summed E-state index contributed by atoms with van der Waals surface area (Å²) in [6, 6.07) is 0. The lowest BCUT2D eigenvalue weighted by Crippen LogP contribution is -2.30. The monoisotopic (exact) mass is 857 g/mol. The molecule has 0 radical (unpaired) electrons. The Bertz CT molecular complexity index is 1030. The fourth-order valence-corrected chi connectivity index (χ4v) is 7.54. The minimum Gasteiger partial charge on any atom is -0.462 e. The zero-order valence-electron chi connectivity index (χ0n) is 40.7. The maximum absolute atomic E-state index is 12.8. The van der Waals surface area contributed by atoms with E-state index in [1.165, 1.54) is 161 Å². The first-order valence-corrected chi connectivity index (χ1v) is 26.5. The van der Waals surface area contributed by atoms with E-state index in [1.54, 1.807) is 0 Å². The Kier molecular flexibility index (Phi) is 48.3. The highest BCUT2D eigenvalue weighted by Gasteiger charge is 2.19. The second kappa shape index (κ2) is 50.3. The number of carbonyl (C=O) groups is 3. The van der Waals surface area contributed by atoms with Gasteiger partial charge < -0.3 is 14.2 Å². The van der Waals surface area contributed by atoms with E-state index in [2.05, 4.69) is 57.2 Å². The quantitative estimate of drug-likeness (QED) is 0.0262. The molecule has 0 rings (SSSR count). The van der Waals surface area contributed by atoms with Crippen molar-refractivity contribution in [1.29, 1.82) is 0 Å². The van der Waals surface area contributed by atoms with Crippen molar-refractivity contribution in [1.82, 2.24) is 0 Å². The van der Waals surface area contributed by atoms with Crippen molar-refractivity contribution in [3.8, 4) is 0 Å². The van der Waals surface area contributed by atoms with Gasteiger partial charge >= 0.3 is 17.9 Å². The molecule has 61 heavy (non-hydrogen) atoms. The predicted molar refractivity (Wildman–Crippen MR) is 261 cm³/mol. The normalized spacial score (nSPS) is 12.2. The van der Waals surface area contributed by atoms with Crippen molar-refractivity contribution < 1.29 is 28.6 Å². The summed E-state index contributed by atoms with van der Waals surface area (Å²) in [5, 5.41) is 0. The van der Waals surface area contributed by atoms with Crippen LogP contribution < -0.4 is 0 Å². The molecule has 0 aromatic heterocycles. The van der Waals surface area contributed by atoms with Crippen molar-refractivity contribution in [2.45, 2.75) is 284 Å². The molecule has 0 saturated carbocycles. The Hall–Kier alpha value is -2.37. The molecule has 0 aliphatic carbocycles. The number of hydrogen-bond donors (Lipinski definition) is 0. The highest BCUT2D eigenvalue weighted by molar-refractivity contribution is 5.71. The van der Waals surface area contributed by atoms with Crippen molar-refractivity contribution >= 4 is 17.9 Å². The van der Waals surface area contributed by atoms with Gasteiger partial charge in [0.15, 0.2) is 6.10 Å². The van der Waals surface area contributed by atoms with Gasteiger partial charge in [-0.15, -0.1) is 0 Å². The summed E-state index contributed by atoms with van der Waals surface area (Å²) >= 11 is 0.